The van der Waals surface area contributed by atoms with Gasteiger partial charge in [-0.25, -0.2) is 0 Å². The van der Waals surface area contributed by atoms with Crippen molar-refractivity contribution >= 4 is 17.5 Å². The Balaban J connectivity index is 2.50. The number of carbonyl (C=O) groups is 1. The van der Waals surface area contributed by atoms with Gasteiger partial charge in [0.05, 0.1) is 0 Å². The van der Waals surface area contributed by atoms with Gasteiger partial charge >= 0.3 is 0 Å². The van der Waals surface area contributed by atoms with Gasteiger partial charge in [-0.2, -0.15) is 0 Å². The van der Waals surface area contributed by atoms with Crippen molar-refractivity contribution in [2.24, 2.45) is 5.73 Å². The van der Waals surface area contributed by atoms with Gasteiger partial charge in [0.15, 0.2) is 0 Å². The number of amides is 1. The molecule has 0 fully saturated rings. The van der Waals surface area contributed by atoms with E-state index in [1.165, 1.54) is 0 Å². The Labute approximate surface area is 93.5 Å². The maximum atomic E-state index is 10.8. The second kappa shape index (κ2) is 6.09. The molecular weight excluding hydrogens is 214 g/mol. The minimum atomic E-state index is -0.441. The molecule has 0 unspecified atom stereocenters. The first-order valence-electron chi connectivity index (χ1n) is 4.47. The lowest BCUT2D eigenvalue weighted by molar-refractivity contribution is 0.100. The number of halogens is 1. The number of alkyl halides is 1. The van der Waals surface area contributed by atoms with Gasteiger partial charge in [0.1, 0.15) is 12.4 Å². The zero-order chi connectivity index (χ0) is 11.1. The van der Waals surface area contributed by atoms with Gasteiger partial charge in [-0.15, -0.1) is 11.6 Å². The van der Waals surface area contributed by atoms with E-state index in [1.54, 1.807) is 30.3 Å². The molecule has 0 aliphatic heterocycles. The molecule has 0 aromatic heterocycles. The zero-order valence-corrected chi connectivity index (χ0v) is 8.91. The summed E-state index contributed by atoms with van der Waals surface area (Å²) < 4.78 is 5.35. The first kappa shape index (κ1) is 11.6. The molecule has 3 nitrogen and oxygen atoms in total. The highest BCUT2D eigenvalue weighted by Gasteiger charge is 1.99. The standard InChI is InChI=1S/C11H12ClNO2/c12-7-1-2-8-15-10-5-3-9(4-6-10)11(13)14/h1-6H,7-8H2,(H2,13,14). The highest BCUT2D eigenvalue weighted by molar-refractivity contribution is 6.18. The topological polar surface area (TPSA) is 52.3 Å². The van der Waals surface area contributed by atoms with Crippen molar-refractivity contribution in [3.05, 3.63) is 42.0 Å². The summed E-state index contributed by atoms with van der Waals surface area (Å²) in [5.41, 5.74) is 5.57. The molecule has 80 valence electrons. The van der Waals surface area contributed by atoms with Gasteiger partial charge < -0.3 is 10.5 Å². The number of primary amides is 1. The lowest BCUT2D eigenvalue weighted by atomic mass is 10.2. The molecule has 0 radical (unpaired) electrons. The Morgan fingerprint density at radius 3 is 2.53 bits per heavy atom. The smallest absolute Gasteiger partial charge is 0.248 e. The van der Waals surface area contributed by atoms with Crippen molar-refractivity contribution in [3.63, 3.8) is 0 Å². The lowest BCUT2D eigenvalue weighted by Gasteiger charge is -2.03. The first-order chi connectivity index (χ1) is 7.24. The zero-order valence-electron chi connectivity index (χ0n) is 8.15. The Morgan fingerprint density at radius 1 is 1.33 bits per heavy atom. The van der Waals surface area contributed by atoms with Crippen molar-refractivity contribution in [2.45, 2.75) is 0 Å². The van der Waals surface area contributed by atoms with E-state index in [9.17, 15) is 4.79 Å². The summed E-state index contributed by atoms with van der Waals surface area (Å²) in [5, 5.41) is 0. The summed E-state index contributed by atoms with van der Waals surface area (Å²) in [4.78, 5) is 10.8. The van der Waals surface area contributed by atoms with Crippen LogP contribution in [0.15, 0.2) is 36.4 Å². The van der Waals surface area contributed by atoms with Crippen LogP contribution in [-0.4, -0.2) is 18.4 Å². The molecule has 1 aromatic carbocycles. The third-order valence-corrected chi connectivity index (χ3v) is 1.92. The monoisotopic (exact) mass is 225 g/mol. The van der Waals surface area contributed by atoms with Crippen LogP contribution in [0, 0.1) is 0 Å². The largest absolute Gasteiger partial charge is 0.490 e. The molecule has 1 aromatic rings. The van der Waals surface area contributed by atoms with Crippen LogP contribution in [0.5, 0.6) is 5.75 Å². The molecule has 0 saturated carbocycles. The molecule has 4 heteroatoms. The fourth-order valence-corrected chi connectivity index (χ4v) is 1.12. The Kier molecular flexibility index (Phi) is 4.71. The van der Waals surface area contributed by atoms with Crippen LogP contribution in [0.3, 0.4) is 0 Å². The van der Waals surface area contributed by atoms with Gasteiger partial charge in [0.25, 0.3) is 0 Å². The van der Waals surface area contributed by atoms with E-state index in [1.807, 2.05) is 6.08 Å². The average molecular weight is 226 g/mol. The van der Waals surface area contributed by atoms with Gasteiger partial charge in [0.2, 0.25) is 5.91 Å². The minimum absolute atomic E-state index is 0.441. The summed E-state index contributed by atoms with van der Waals surface area (Å²) >= 11 is 5.45. The normalized spacial score (nSPS) is 10.5. The molecule has 0 heterocycles. The number of benzene rings is 1. The predicted molar refractivity (Wildman–Crippen MR) is 60.3 cm³/mol. The van der Waals surface area contributed by atoms with Crippen LogP contribution in [0.1, 0.15) is 10.4 Å². The number of carbonyl (C=O) groups excluding carboxylic acids is 1. The van der Waals surface area contributed by atoms with Crippen LogP contribution in [0.2, 0.25) is 0 Å². The third-order valence-electron chi connectivity index (χ3n) is 1.74. The van der Waals surface area contributed by atoms with Crippen molar-refractivity contribution < 1.29 is 9.53 Å². The van der Waals surface area contributed by atoms with Crippen LogP contribution in [-0.2, 0) is 0 Å². The molecule has 1 rings (SSSR count). The van der Waals surface area contributed by atoms with Gasteiger partial charge in [-0.1, -0.05) is 12.2 Å². The number of allylic oxidation sites excluding steroid dienone is 1. The van der Waals surface area contributed by atoms with Gasteiger partial charge in [-0.05, 0) is 24.3 Å². The summed E-state index contributed by atoms with van der Waals surface area (Å²) in [5.74, 6) is 0.729. The van der Waals surface area contributed by atoms with Crippen molar-refractivity contribution in [3.8, 4) is 5.75 Å². The van der Waals surface area contributed by atoms with Crippen LogP contribution in [0.4, 0.5) is 0 Å². The summed E-state index contributed by atoms with van der Waals surface area (Å²) in [6.07, 6.45) is 3.63. The fraction of sp³-hybridized carbons (Fsp3) is 0.182. The highest BCUT2D eigenvalue weighted by atomic mass is 35.5. The molecule has 0 saturated heterocycles. The van der Waals surface area contributed by atoms with E-state index >= 15 is 0 Å². The minimum Gasteiger partial charge on any atom is -0.490 e. The van der Waals surface area contributed by atoms with Crippen LogP contribution in [0.25, 0.3) is 0 Å². The van der Waals surface area contributed by atoms with E-state index in [2.05, 4.69) is 0 Å². The van der Waals surface area contributed by atoms with E-state index in [4.69, 9.17) is 22.1 Å². The number of rotatable bonds is 5. The molecular formula is C11H12ClNO2. The maximum Gasteiger partial charge on any atom is 0.248 e. The average Bonchev–Trinajstić information content (AvgIpc) is 2.25. The molecule has 15 heavy (non-hydrogen) atoms. The SMILES string of the molecule is NC(=O)c1ccc(OCC=CCCl)cc1. The molecule has 0 spiro atoms. The molecule has 2 N–H and O–H groups in total. The second-order valence-corrected chi connectivity index (χ2v) is 3.13. The molecule has 0 bridgehead atoms. The van der Waals surface area contributed by atoms with E-state index in [0.717, 1.165) is 0 Å². The van der Waals surface area contributed by atoms with E-state index in [0.29, 0.717) is 23.8 Å². The second-order valence-electron chi connectivity index (χ2n) is 2.83. The Hall–Kier alpha value is -1.48. The number of nitrogens with two attached hydrogens (primary N) is 1. The summed E-state index contributed by atoms with van der Waals surface area (Å²) in [7, 11) is 0. The molecule has 0 aliphatic carbocycles. The first-order valence-corrected chi connectivity index (χ1v) is 5.01. The van der Waals surface area contributed by atoms with Gasteiger partial charge in [0, 0.05) is 11.4 Å². The van der Waals surface area contributed by atoms with Gasteiger partial charge in [-0.3, -0.25) is 4.79 Å². The molecule has 1 amide bonds. The summed E-state index contributed by atoms with van der Waals surface area (Å²) in [6, 6.07) is 6.66. The highest BCUT2D eigenvalue weighted by Crippen LogP contribution is 2.11. The van der Waals surface area contributed by atoms with E-state index in [-0.39, 0.29) is 0 Å². The van der Waals surface area contributed by atoms with Crippen molar-refractivity contribution in [2.75, 3.05) is 12.5 Å². The Morgan fingerprint density at radius 2 is 2.00 bits per heavy atom. The quantitative estimate of drug-likeness (QED) is 0.615. The maximum absolute atomic E-state index is 10.8. The molecule has 0 aliphatic rings. The predicted octanol–water partition coefficient (Wildman–Crippen LogP) is 1.96. The molecule has 0 atom stereocenters. The van der Waals surface area contributed by atoms with E-state index < -0.39 is 5.91 Å². The summed E-state index contributed by atoms with van der Waals surface area (Å²) in [6.45, 7) is 0.461. The van der Waals surface area contributed by atoms with Crippen LogP contribution < -0.4 is 10.5 Å². The van der Waals surface area contributed by atoms with Crippen LogP contribution >= 0.6 is 11.6 Å². The van der Waals surface area contributed by atoms with Crippen molar-refractivity contribution in [1.82, 2.24) is 0 Å². The van der Waals surface area contributed by atoms with Crippen molar-refractivity contribution in [1.29, 1.82) is 0 Å². The Bertz CT molecular complexity index is 346. The third kappa shape index (κ3) is 4.04. The number of ether oxygens (including phenoxy) is 1. The fourth-order valence-electron chi connectivity index (χ4n) is 0.991. The number of hydrogen-bond acceptors (Lipinski definition) is 2. The number of hydrogen-bond donors (Lipinski definition) is 1. The lowest BCUT2D eigenvalue weighted by Crippen LogP contribution is -2.10.